The quantitative estimate of drug-likeness (QED) is 0.333. The third kappa shape index (κ3) is 7.13. The maximum atomic E-state index is 9.43. The molecule has 0 aliphatic carbocycles. The zero-order chi connectivity index (χ0) is 26.0. The van der Waals surface area contributed by atoms with Gasteiger partial charge in [-0.05, 0) is 61.3 Å². The summed E-state index contributed by atoms with van der Waals surface area (Å²) in [5.41, 5.74) is 3.14. The summed E-state index contributed by atoms with van der Waals surface area (Å²) in [5.74, 6) is 2.05. The van der Waals surface area contributed by atoms with E-state index in [2.05, 4.69) is 57.5 Å². The molecule has 0 unspecified atom stereocenters. The fourth-order valence-corrected chi connectivity index (χ4v) is 4.34. The molecule has 0 saturated carbocycles. The Morgan fingerprint density at radius 3 is 2.03 bits per heavy atom. The van der Waals surface area contributed by atoms with Gasteiger partial charge in [-0.25, -0.2) is 19.9 Å². The number of rotatable bonds is 6. The van der Waals surface area contributed by atoms with Gasteiger partial charge >= 0.3 is 0 Å². The topological polar surface area (TPSA) is 115 Å². The lowest BCUT2D eigenvalue weighted by Gasteiger charge is -2.34. The second-order valence-electron chi connectivity index (χ2n) is 9.27. The van der Waals surface area contributed by atoms with E-state index in [0.717, 1.165) is 49.8 Å². The molecular weight excluding hydrogens is 478 g/mol. The molecule has 0 bridgehead atoms. The molecule has 196 valence electrons. The van der Waals surface area contributed by atoms with Gasteiger partial charge in [0.25, 0.3) is 0 Å². The third-order valence-electron chi connectivity index (χ3n) is 6.43. The van der Waals surface area contributed by atoms with Crippen LogP contribution in [-0.2, 0) is 6.42 Å². The number of aromatic nitrogens is 5. The minimum atomic E-state index is 0.213. The maximum Gasteiger partial charge on any atom is 0.231 e. The summed E-state index contributed by atoms with van der Waals surface area (Å²) in [5, 5.41) is 15.8. The number of phenols is 1. The Bertz CT molecular complexity index is 1250. The van der Waals surface area contributed by atoms with Crippen LogP contribution in [0.3, 0.4) is 0 Å². The molecule has 2 aliphatic rings. The number of aromatic hydroxyl groups is 1. The van der Waals surface area contributed by atoms with Gasteiger partial charge in [0.15, 0.2) is 0 Å². The standard InChI is InChI=1S/C24H24N8O.C4H9N/c33-21-8-6-20(7-9-21)29-22-27-17-28-24(30-22)32-12-10-31(11-13-32)23-25-15-19(16-26-23)14-18-4-2-1-3-5-18;1-2-4-5-3-1/h1-9,15-17,33H,10-14H2,(H,27,28,29,30);5H,1-4H2. The molecule has 38 heavy (non-hydrogen) atoms. The van der Waals surface area contributed by atoms with Crippen LogP contribution in [0, 0.1) is 0 Å². The predicted octanol–water partition coefficient (Wildman–Crippen LogP) is 3.40. The van der Waals surface area contributed by atoms with E-state index in [1.165, 1.54) is 37.8 Å². The summed E-state index contributed by atoms with van der Waals surface area (Å²) in [7, 11) is 0. The molecule has 2 aromatic heterocycles. The summed E-state index contributed by atoms with van der Waals surface area (Å²) in [6.07, 6.45) is 8.94. The highest BCUT2D eigenvalue weighted by Crippen LogP contribution is 2.19. The van der Waals surface area contributed by atoms with Gasteiger partial charge in [0.2, 0.25) is 17.8 Å². The van der Waals surface area contributed by atoms with E-state index in [9.17, 15) is 5.11 Å². The molecule has 4 heterocycles. The molecule has 0 spiro atoms. The normalized spacial score (nSPS) is 15.1. The summed E-state index contributed by atoms with van der Waals surface area (Å²) in [6.45, 7) is 5.59. The molecule has 0 atom stereocenters. The van der Waals surface area contributed by atoms with E-state index in [0.29, 0.717) is 11.9 Å². The number of piperazine rings is 1. The van der Waals surface area contributed by atoms with Gasteiger partial charge in [0, 0.05) is 50.7 Å². The smallest absolute Gasteiger partial charge is 0.231 e. The molecule has 0 amide bonds. The number of nitrogens with one attached hydrogen (secondary N) is 2. The van der Waals surface area contributed by atoms with Gasteiger partial charge in [0.1, 0.15) is 12.1 Å². The van der Waals surface area contributed by atoms with E-state index < -0.39 is 0 Å². The molecule has 3 N–H and O–H groups in total. The molecule has 2 saturated heterocycles. The van der Waals surface area contributed by atoms with E-state index in [1.807, 2.05) is 30.6 Å². The van der Waals surface area contributed by atoms with Gasteiger partial charge < -0.3 is 25.5 Å². The van der Waals surface area contributed by atoms with Crippen LogP contribution < -0.4 is 20.4 Å². The Kier molecular flexibility index (Phi) is 8.52. The van der Waals surface area contributed by atoms with E-state index in [1.54, 1.807) is 24.3 Å². The third-order valence-corrected chi connectivity index (χ3v) is 6.43. The van der Waals surface area contributed by atoms with Gasteiger partial charge in [-0.3, -0.25) is 0 Å². The van der Waals surface area contributed by atoms with Crippen LogP contribution in [0.25, 0.3) is 0 Å². The minimum absolute atomic E-state index is 0.213. The first-order chi connectivity index (χ1) is 18.7. The minimum Gasteiger partial charge on any atom is -0.508 e. The summed E-state index contributed by atoms with van der Waals surface area (Å²) in [4.78, 5) is 26.6. The lowest BCUT2D eigenvalue weighted by molar-refractivity contribution is 0.475. The van der Waals surface area contributed by atoms with Crippen molar-refractivity contribution in [2.24, 2.45) is 0 Å². The van der Waals surface area contributed by atoms with Crippen molar-refractivity contribution in [3.05, 3.63) is 84.4 Å². The average Bonchev–Trinajstić information content (AvgIpc) is 3.56. The van der Waals surface area contributed by atoms with Crippen LogP contribution in [0.4, 0.5) is 23.5 Å². The van der Waals surface area contributed by atoms with Crippen LogP contribution >= 0.6 is 0 Å². The molecule has 2 aliphatic heterocycles. The Morgan fingerprint density at radius 1 is 0.737 bits per heavy atom. The van der Waals surface area contributed by atoms with Crippen molar-refractivity contribution in [3.63, 3.8) is 0 Å². The van der Waals surface area contributed by atoms with Crippen molar-refractivity contribution in [2.75, 3.05) is 54.4 Å². The second kappa shape index (κ2) is 12.8. The van der Waals surface area contributed by atoms with Crippen molar-refractivity contribution >= 4 is 23.5 Å². The maximum absolute atomic E-state index is 9.43. The van der Waals surface area contributed by atoms with Crippen LogP contribution in [0.1, 0.15) is 24.0 Å². The SMILES string of the molecule is C1CCNC1.Oc1ccc(Nc2ncnc(N3CCN(c4ncc(Cc5ccccc5)cn4)CC3)n2)cc1. The highest BCUT2D eigenvalue weighted by Gasteiger charge is 2.21. The average molecular weight is 512 g/mol. The number of phenolic OH excluding ortho intramolecular Hbond substituents is 1. The number of nitrogens with zero attached hydrogens (tertiary/aromatic N) is 7. The van der Waals surface area contributed by atoms with Crippen LogP contribution in [0.5, 0.6) is 5.75 Å². The Balaban J connectivity index is 0.000000529. The molecule has 4 aromatic rings. The number of anilines is 4. The fraction of sp³-hybridized carbons (Fsp3) is 0.321. The molecule has 6 rings (SSSR count). The van der Waals surface area contributed by atoms with Gasteiger partial charge in [-0.1, -0.05) is 30.3 Å². The first-order valence-electron chi connectivity index (χ1n) is 13.0. The Labute approximate surface area is 222 Å². The van der Waals surface area contributed by atoms with Crippen molar-refractivity contribution in [1.29, 1.82) is 0 Å². The predicted molar refractivity (Wildman–Crippen MR) is 149 cm³/mol. The monoisotopic (exact) mass is 511 g/mol. The van der Waals surface area contributed by atoms with Crippen molar-refractivity contribution in [3.8, 4) is 5.75 Å². The van der Waals surface area contributed by atoms with E-state index in [4.69, 9.17) is 0 Å². The summed E-state index contributed by atoms with van der Waals surface area (Å²) < 4.78 is 0. The lowest BCUT2D eigenvalue weighted by Crippen LogP contribution is -2.47. The first kappa shape index (κ1) is 25.3. The van der Waals surface area contributed by atoms with Crippen molar-refractivity contribution in [2.45, 2.75) is 19.3 Å². The van der Waals surface area contributed by atoms with Crippen LogP contribution in [0.15, 0.2) is 73.3 Å². The van der Waals surface area contributed by atoms with Crippen molar-refractivity contribution < 1.29 is 5.11 Å². The molecule has 2 fully saturated rings. The van der Waals surface area contributed by atoms with E-state index >= 15 is 0 Å². The summed E-state index contributed by atoms with van der Waals surface area (Å²) >= 11 is 0. The number of benzene rings is 2. The zero-order valence-corrected chi connectivity index (χ0v) is 21.4. The number of hydrogen-bond acceptors (Lipinski definition) is 10. The van der Waals surface area contributed by atoms with Gasteiger partial charge in [-0.2, -0.15) is 4.98 Å². The van der Waals surface area contributed by atoms with E-state index in [-0.39, 0.29) is 5.75 Å². The lowest BCUT2D eigenvalue weighted by atomic mass is 10.1. The zero-order valence-electron chi connectivity index (χ0n) is 21.4. The molecule has 0 radical (unpaired) electrons. The van der Waals surface area contributed by atoms with Gasteiger partial charge in [-0.15, -0.1) is 0 Å². The Morgan fingerprint density at radius 2 is 1.39 bits per heavy atom. The Hall–Kier alpha value is -4.31. The fourth-order valence-electron chi connectivity index (χ4n) is 4.34. The van der Waals surface area contributed by atoms with Gasteiger partial charge in [0.05, 0.1) is 0 Å². The highest BCUT2D eigenvalue weighted by molar-refractivity contribution is 5.55. The molecule has 10 heteroatoms. The van der Waals surface area contributed by atoms with Crippen LogP contribution in [-0.4, -0.2) is 69.3 Å². The highest BCUT2D eigenvalue weighted by atomic mass is 16.3. The summed E-state index contributed by atoms with van der Waals surface area (Å²) in [6, 6.07) is 17.1. The second-order valence-corrected chi connectivity index (χ2v) is 9.27. The molecular formula is C28H33N9O. The first-order valence-corrected chi connectivity index (χ1v) is 13.0. The molecule has 2 aromatic carbocycles. The largest absolute Gasteiger partial charge is 0.508 e. The number of hydrogen-bond donors (Lipinski definition) is 3. The molecule has 10 nitrogen and oxygen atoms in total. The van der Waals surface area contributed by atoms with Crippen molar-refractivity contribution in [1.82, 2.24) is 30.2 Å². The van der Waals surface area contributed by atoms with Crippen LogP contribution in [0.2, 0.25) is 0 Å².